The molecule has 0 spiro atoms. The van der Waals surface area contributed by atoms with Crippen LogP contribution in [0.1, 0.15) is 59.3 Å². The predicted molar refractivity (Wildman–Crippen MR) is 158 cm³/mol. The molecule has 13 heteroatoms. The Labute approximate surface area is 264 Å². The topological polar surface area (TPSA) is 216 Å². The second-order valence-electron chi connectivity index (χ2n) is 13.6. The monoisotopic (exact) mass is 644 g/mol. The Kier molecular flexibility index (Phi) is 12.2. The number of aliphatic hydroxyl groups is 8. The minimum Gasteiger partial charge on any atom is -0.432 e. The van der Waals surface area contributed by atoms with Crippen molar-refractivity contribution in [2.24, 2.45) is 29.1 Å². The number of esters is 1. The first kappa shape index (κ1) is 36.3. The molecule has 0 radical (unpaired) electrons. The van der Waals surface area contributed by atoms with Crippen molar-refractivity contribution in [3.63, 3.8) is 0 Å². The third-order valence-corrected chi connectivity index (χ3v) is 10.9. The van der Waals surface area contributed by atoms with E-state index in [9.17, 15) is 45.6 Å². The second kappa shape index (κ2) is 15.2. The van der Waals surface area contributed by atoms with Crippen LogP contribution < -0.4 is 0 Å². The van der Waals surface area contributed by atoms with Crippen molar-refractivity contribution in [1.82, 2.24) is 0 Å². The van der Waals surface area contributed by atoms with E-state index < -0.39 is 86.5 Å². The van der Waals surface area contributed by atoms with E-state index in [4.69, 9.17) is 18.9 Å². The van der Waals surface area contributed by atoms with Gasteiger partial charge in [-0.2, -0.15) is 0 Å². The summed E-state index contributed by atoms with van der Waals surface area (Å²) in [5.41, 5.74) is 2.15. The van der Waals surface area contributed by atoms with Crippen molar-refractivity contribution in [3.05, 3.63) is 23.8 Å². The first-order valence-electron chi connectivity index (χ1n) is 16.0. The molecule has 4 fully saturated rings. The SMILES string of the molecule is C=C1CC[C@@H]2[C@H](C)[C@@H](C(=O)O[C@@H]3O[C@H](CO)[C@@H](O)[C@H](O)[C@H]3O)CC[C@@]2(C)[C@@H]1CC/C(C)=C/CO[C@@H]1O[C@H](CO)[C@@H](O)[C@H](O)[C@H]1O. The number of hydrogen-bond donors (Lipinski definition) is 8. The standard InChI is InChI=1S/C32H52O13/c1-15(10-12-42-30-27(39)25(37)23(35)21(13-33)43-30)5-7-19-16(2)6-8-20-17(3)18(9-11-32(19,20)4)29(41)45-31-28(40)26(38)24(36)22(14-34)44-31/h10,17-28,30-31,33-40H,2,5-9,11-14H2,1,3-4H3/b15-10+/t17-,18+,19-,20-,21-,22-,23-,24-,25+,26+,27-,28-,30-,31+,32+/m1/s1. The van der Waals surface area contributed by atoms with Crippen LogP contribution in [0.4, 0.5) is 0 Å². The highest BCUT2D eigenvalue weighted by atomic mass is 16.7. The van der Waals surface area contributed by atoms with Gasteiger partial charge in [0.15, 0.2) is 6.29 Å². The number of carbonyl (C=O) groups excluding carboxylic acids is 1. The molecule has 2 saturated heterocycles. The van der Waals surface area contributed by atoms with Gasteiger partial charge in [0.2, 0.25) is 6.29 Å². The summed E-state index contributed by atoms with van der Waals surface area (Å²) in [6, 6.07) is 0. The molecule has 8 N–H and O–H groups in total. The molecule has 2 saturated carbocycles. The van der Waals surface area contributed by atoms with Gasteiger partial charge in [0.25, 0.3) is 0 Å². The van der Waals surface area contributed by atoms with Gasteiger partial charge < -0.3 is 59.8 Å². The Morgan fingerprint density at radius 2 is 1.51 bits per heavy atom. The maximum atomic E-state index is 13.3. The van der Waals surface area contributed by atoms with Gasteiger partial charge in [0.05, 0.1) is 25.7 Å². The number of ether oxygens (including phenoxy) is 4. The van der Waals surface area contributed by atoms with Crippen molar-refractivity contribution in [2.75, 3.05) is 19.8 Å². The quantitative estimate of drug-likeness (QED) is 0.111. The van der Waals surface area contributed by atoms with Crippen LogP contribution in [-0.4, -0.2) is 128 Å². The number of carbonyl (C=O) groups is 1. The van der Waals surface area contributed by atoms with Crippen LogP contribution in [0.15, 0.2) is 23.8 Å². The Morgan fingerprint density at radius 3 is 2.11 bits per heavy atom. The largest absolute Gasteiger partial charge is 0.432 e. The lowest BCUT2D eigenvalue weighted by Gasteiger charge is -2.56. The number of aliphatic hydroxyl groups excluding tert-OH is 8. The summed E-state index contributed by atoms with van der Waals surface area (Å²) in [7, 11) is 0. The third-order valence-electron chi connectivity index (χ3n) is 10.9. The third kappa shape index (κ3) is 7.49. The van der Waals surface area contributed by atoms with Crippen LogP contribution in [-0.2, 0) is 23.7 Å². The van der Waals surface area contributed by atoms with E-state index in [1.165, 1.54) is 5.57 Å². The molecule has 45 heavy (non-hydrogen) atoms. The summed E-state index contributed by atoms with van der Waals surface area (Å²) in [6.45, 7) is 9.68. The molecule has 2 aliphatic heterocycles. The first-order chi connectivity index (χ1) is 21.2. The van der Waals surface area contributed by atoms with Gasteiger partial charge in [-0.25, -0.2) is 0 Å². The highest BCUT2D eigenvalue weighted by Gasteiger charge is 2.54. The molecule has 0 aromatic heterocycles. The van der Waals surface area contributed by atoms with Crippen molar-refractivity contribution in [2.45, 2.75) is 121 Å². The van der Waals surface area contributed by atoms with Gasteiger partial charge in [-0.05, 0) is 68.6 Å². The van der Waals surface area contributed by atoms with E-state index >= 15 is 0 Å². The van der Waals surface area contributed by atoms with Crippen LogP contribution in [0.2, 0.25) is 0 Å². The lowest BCUT2D eigenvalue weighted by atomic mass is 9.49. The number of hydrogen-bond acceptors (Lipinski definition) is 13. The van der Waals surface area contributed by atoms with E-state index in [-0.39, 0.29) is 29.8 Å². The Bertz CT molecular complexity index is 1050. The minimum absolute atomic E-state index is 0.0275. The van der Waals surface area contributed by atoms with E-state index in [0.29, 0.717) is 6.42 Å². The van der Waals surface area contributed by atoms with E-state index in [2.05, 4.69) is 13.5 Å². The lowest BCUT2D eigenvalue weighted by molar-refractivity contribution is -0.298. The molecular formula is C32H52O13. The number of fused-ring (bicyclic) bond motifs is 1. The van der Waals surface area contributed by atoms with E-state index in [1.807, 2.05) is 19.9 Å². The summed E-state index contributed by atoms with van der Waals surface area (Å²) in [4.78, 5) is 13.3. The molecule has 2 aliphatic carbocycles. The molecule has 0 bridgehead atoms. The minimum atomic E-state index is -1.64. The maximum absolute atomic E-state index is 13.3. The molecule has 4 rings (SSSR count). The maximum Gasteiger partial charge on any atom is 0.311 e. The molecule has 13 nitrogen and oxygen atoms in total. The van der Waals surface area contributed by atoms with Crippen LogP contribution in [0, 0.1) is 29.1 Å². The number of rotatable bonds is 10. The molecule has 15 atom stereocenters. The van der Waals surface area contributed by atoms with Crippen molar-refractivity contribution in [1.29, 1.82) is 0 Å². The molecule has 0 aromatic carbocycles. The second-order valence-corrected chi connectivity index (χ2v) is 13.6. The fraction of sp³-hybridized carbons (Fsp3) is 0.844. The molecule has 2 heterocycles. The van der Waals surface area contributed by atoms with Crippen LogP contribution in [0.5, 0.6) is 0 Å². The predicted octanol–water partition coefficient (Wildman–Crippen LogP) is -0.493. The van der Waals surface area contributed by atoms with Gasteiger partial charge in [-0.3, -0.25) is 4.79 Å². The summed E-state index contributed by atoms with van der Waals surface area (Å²) in [5, 5.41) is 79.4. The van der Waals surface area contributed by atoms with E-state index in [0.717, 1.165) is 37.7 Å². The van der Waals surface area contributed by atoms with Gasteiger partial charge in [0.1, 0.15) is 48.8 Å². The fourth-order valence-electron chi connectivity index (χ4n) is 8.00. The molecule has 0 amide bonds. The zero-order chi connectivity index (χ0) is 33.2. The van der Waals surface area contributed by atoms with Crippen molar-refractivity contribution in [3.8, 4) is 0 Å². The van der Waals surface area contributed by atoms with Crippen molar-refractivity contribution < 1.29 is 64.6 Å². The van der Waals surface area contributed by atoms with Crippen LogP contribution in [0.25, 0.3) is 0 Å². The first-order valence-corrected chi connectivity index (χ1v) is 16.0. The summed E-state index contributed by atoms with van der Waals surface area (Å²) >= 11 is 0. The fourth-order valence-corrected chi connectivity index (χ4v) is 8.00. The van der Waals surface area contributed by atoms with Gasteiger partial charge in [-0.1, -0.05) is 37.6 Å². The zero-order valence-electron chi connectivity index (χ0n) is 26.4. The molecule has 258 valence electrons. The van der Waals surface area contributed by atoms with Crippen LogP contribution >= 0.6 is 0 Å². The van der Waals surface area contributed by atoms with Crippen molar-refractivity contribution >= 4 is 5.97 Å². The molecule has 0 aromatic rings. The van der Waals surface area contributed by atoms with Gasteiger partial charge in [-0.15, -0.1) is 0 Å². The van der Waals surface area contributed by atoms with Gasteiger partial charge in [0, 0.05) is 0 Å². The Hall–Kier alpha value is -1.49. The average molecular weight is 645 g/mol. The lowest BCUT2D eigenvalue weighted by Crippen LogP contribution is -2.60. The Morgan fingerprint density at radius 1 is 0.933 bits per heavy atom. The summed E-state index contributed by atoms with van der Waals surface area (Å²) < 4.78 is 21.9. The normalized spacial score (nSPS) is 46.0. The highest BCUT2D eigenvalue weighted by molar-refractivity contribution is 5.73. The van der Waals surface area contributed by atoms with Crippen LogP contribution in [0.3, 0.4) is 0 Å². The van der Waals surface area contributed by atoms with E-state index in [1.54, 1.807) is 0 Å². The summed E-state index contributed by atoms with van der Waals surface area (Å²) in [6.07, 6.45) is -7.51. The number of allylic oxidation sites excluding steroid dienone is 2. The molecule has 0 unspecified atom stereocenters. The average Bonchev–Trinajstić information content (AvgIpc) is 3.00. The smallest absolute Gasteiger partial charge is 0.311 e. The highest BCUT2D eigenvalue weighted by Crippen LogP contribution is 2.59. The zero-order valence-corrected chi connectivity index (χ0v) is 26.4. The Balaban J connectivity index is 1.33. The van der Waals surface area contributed by atoms with Gasteiger partial charge >= 0.3 is 5.97 Å². The molecule has 4 aliphatic rings. The summed E-state index contributed by atoms with van der Waals surface area (Å²) in [5.74, 6) is -0.569. The molecular weight excluding hydrogens is 592 g/mol.